The maximum atomic E-state index is 11.1. The number of carbonyl (C=O) groups excluding carboxylic acids is 1. The lowest BCUT2D eigenvalue weighted by Crippen LogP contribution is -2.26. The highest BCUT2D eigenvalue weighted by molar-refractivity contribution is 5.76. The number of amides is 1. The Bertz CT molecular complexity index is 338. The quantitative estimate of drug-likeness (QED) is 0.719. The summed E-state index contributed by atoms with van der Waals surface area (Å²) in [6, 6.07) is 7.61. The Morgan fingerprint density at radius 2 is 2.27 bits per heavy atom. The van der Waals surface area contributed by atoms with E-state index in [1.165, 1.54) is 0 Å². The second-order valence-corrected chi connectivity index (χ2v) is 3.44. The molecule has 0 bridgehead atoms. The van der Waals surface area contributed by atoms with Crippen molar-refractivity contribution in [2.75, 3.05) is 31.3 Å². The van der Waals surface area contributed by atoms with Crippen molar-refractivity contribution >= 4 is 17.3 Å². The van der Waals surface area contributed by atoms with Crippen LogP contribution < -0.4 is 16.0 Å². The number of nitrogen functional groups attached to an aromatic ring is 1. The highest BCUT2D eigenvalue weighted by Gasteiger charge is 2.03. The summed E-state index contributed by atoms with van der Waals surface area (Å²) in [5, 5.41) is 2.59. The van der Waals surface area contributed by atoms with Gasteiger partial charge in [0.05, 0.1) is 0 Å². The van der Waals surface area contributed by atoms with Gasteiger partial charge in [-0.3, -0.25) is 4.79 Å². The smallest absolute Gasteiger partial charge is 0.221 e. The van der Waals surface area contributed by atoms with E-state index in [9.17, 15) is 4.79 Å². The fourth-order valence-electron chi connectivity index (χ4n) is 1.29. The summed E-state index contributed by atoms with van der Waals surface area (Å²) in [6.07, 6.45) is 0.488. The average molecular weight is 207 g/mol. The average Bonchev–Trinajstić information content (AvgIpc) is 2.25. The van der Waals surface area contributed by atoms with Crippen LogP contribution in [0.4, 0.5) is 11.4 Å². The van der Waals surface area contributed by atoms with Gasteiger partial charge in [0.1, 0.15) is 0 Å². The third-order valence-electron chi connectivity index (χ3n) is 2.26. The Hall–Kier alpha value is -1.71. The molecule has 0 fully saturated rings. The molecule has 15 heavy (non-hydrogen) atoms. The van der Waals surface area contributed by atoms with Gasteiger partial charge in [-0.2, -0.15) is 0 Å². The van der Waals surface area contributed by atoms with E-state index in [2.05, 4.69) is 5.32 Å². The molecular formula is C11H17N3O. The van der Waals surface area contributed by atoms with Gasteiger partial charge in [-0.1, -0.05) is 6.07 Å². The van der Waals surface area contributed by atoms with Crippen LogP contribution in [-0.2, 0) is 4.79 Å². The van der Waals surface area contributed by atoms with E-state index >= 15 is 0 Å². The Morgan fingerprint density at radius 3 is 2.87 bits per heavy atom. The summed E-state index contributed by atoms with van der Waals surface area (Å²) in [5.74, 6) is 0.0470. The molecule has 1 amide bonds. The van der Waals surface area contributed by atoms with Gasteiger partial charge in [-0.25, -0.2) is 0 Å². The van der Waals surface area contributed by atoms with Gasteiger partial charge in [0, 0.05) is 38.4 Å². The standard InChI is InChI=1S/C11H17N3O/c1-13-11(15)6-7-14(2)10-5-3-4-9(12)8-10/h3-5,8H,6-7,12H2,1-2H3,(H,13,15). The molecule has 0 atom stereocenters. The van der Waals surface area contributed by atoms with Crippen molar-refractivity contribution in [3.05, 3.63) is 24.3 Å². The predicted molar refractivity (Wildman–Crippen MR) is 62.8 cm³/mol. The number of benzene rings is 1. The molecule has 0 saturated heterocycles. The molecule has 0 aliphatic heterocycles. The maximum absolute atomic E-state index is 11.1. The number of nitrogens with two attached hydrogens (primary N) is 1. The lowest BCUT2D eigenvalue weighted by Gasteiger charge is -2.18. The fraction of sp³-hybridized carbons (Fsp3) is 0.364. The molecule has 1 rings (SSSR count). The fourth-order valence-corrected chi connectivity index (χ4v) is 1.29. The molecule has 4 nitrogen and oxygen atoms in total. The van der Waals surface area contributed by atoms with Crippen molar-refractivity contribution in [2.24, 2.45) is 0 Å². The largest absolute Gasteiger partial charge is 0.399 e. The first kappa shape index (κ1) is 11.4. The molecule has 3 N–H and O–H groups in total. The molecule has 0 aromatic heterocycles. The SMILES string of the molecule is CNC(=O)CCN(C)c1cccc(N)c1. The number of anilines is 2. The van der Waals surface area contributed by atoms with E-state index in [4.69, 9.17) is 5.73 Å². The van der Waals surface area contributed by atoms with Crippen molar-refractivity contribution in [3.63, 3.8) is 0 Å². The third kappa shape index (κ3) is 3.50. The lowest BCUT2D eigenvalue weighted by atomic mass is 10.2. The van der Waals surface area contributed by atoms with Crippen LogP contribution in [0.15, 0.2) is 24.3 Å². The summed E-state index contributed by atoms with van der Waals surface area (Å²) >= 11 is 0. The van der Waals surface area contributed by atoms with Gasteiger partial charge >= 0.3 is 0 Å². The van der Waals surface area contributed by atoms with E-state index in [-0.39, 0.29) is 5.91 Å². The Kier molecular flexibility index (Phi) is 3.97. The minimum Gasteiger partial charge on any atom is -0.399 e. The van der Waals surface area contributed by atoms with Crippen molar-refractivity contribution in [2.45, 2.75) is 6.42 Å². The zero-order valence-corrected chi connectivity index (χ0v) is 9.16. The number of carbonyl (C=O) groups is 1. The molecule has 1 aromatic carbocycles. The van der Waals surface area contributed by atoms with Crippen LogP contribution in [-0.4, -0.2) is 26.5 Å². The molecule has 82 valence electrons. The van der Waals surface area contributed by atoms with Gasteiger partial charge in [-0.05, 0) is 18.2 Å². The summed E-state index contributed by atoms with van der Waals surface area (Å²) in [4.78, 5) is 13.1. The third-order valence-corrected chi connectivity index (χ3v) is 2.26. The van der Waals surface area contributed by atoms with Gasteiger partial charge in [-0.15, -0.1) is 0 Å². The van der Waals surface area contributed by atoms with E-state index in [0.717, 1.165) is 11.4 Å². The van der Waals surface area contributed by atoms with Crippen molar-refractivity contribution in [1.29, 1.82) is 0 Å². The van der Waals surface area contributed by atoms with Crippen LogP contribution >= 0.6 is 0 Å². The highest BCUT2D eigenvalue weighted by Crippen LogP contribution is 2.15. The van der Waals surface area contributed by atoms with Crippen LogP contribution in [0.3, 0.4) is 0 Å². The Balaban J connectivity index is 2.53. The first-order valence-electron chi connectivity index (χ1n) is 4.90. The first-order valence-corrected chi connectivity index (χ1v) is 4.90. The van der Waals surface area contributed by atoms with E-state index < -0.39 is 0 Å². The summed E-state index contributed by atoms with van der Waals surface area (Å²) in [6.45, 7) is 0.684. The first-order chi connectivity index (χ1) is 7.13. The van der Waals surface area contributed by atoms with Crippen molar-refractivity contribution < 1.29 is 4.79 Å². The molecule has 4 heteroatoms. The van der Waals surface area contributed by atoms with E-state index in [1.54, 1.807) is 7.05 Å². The van der Waals surface area contributed by atoms with E-state index in [1.807, 2.05) is 36.2 Å². The zero-order chi connectivity index (χ0) is 11.3. The molecule has 0 unspecified atom stereocenters. The van der Waals surface area contributed by atoms with Gasteiger partial charge in [0.25, 0.3) is 0 Å². The molecule has 0 aliphatic carbocycles. The number of hydrogen-bond donors (Lipinski definition) is 2. The number of nitrogens with zero attached hydrogens (tertiary/aromatic N) is 1. The lowest BCUT2D eigenvalue weighted by molar-refractivity contribution is -0.120. The van der Waals surface area contributed by atoms with Crippen LogP contribution in [0.1, 0.15) is 6.42 Å². The molecule has 0 heterocycles. The van der Waals surface area contributed by atoms with Crippen LogP contribution in [0.2, 0.25) is 0 Å². The normalized spacial score (nSPS) is 9.73. The molecular weight excluding hydrogens is 190 g/mol. The minimum absolute atomic E-state index is 0.0470. The Labute approximate surface area is 90.1 Å². The second kappa shape index (κ2) is 5.24. The summed E-state index contributed by atoms with van der Waals surface area (Å²) < 4.78 is 0. The van der Waals surface area contributed by atoms with Crippen LogP contribution in [0, 0.1) is 0 Å². The molecule has 0 saturated carbocycles. The highest BCUT2D eigenvalue weighted by atomic mass is 16.1. The second-order valence-electron chi connectivity index (χ2n) is 3.44. The maximum Gasteiger partial charge on any atom is 0.221 e. The van der Waals surface area contributed by atoms with Crippen molar-refractivity contribution in [1.82, 2.24) is 5.32 Å². The monoisotopic (exact) mass is 207 g/mol. The van der Waals surface area contributed by atoms with Crippen LogP contribution in [0.5, 0.6) is 0 Å². The van der Waals surface area contributed by atoms with Gasteiger partial charge in [0.15, 0.2) is 0 Å². The molecule has 1 aromatic rings. The molecule has 0 aliphatic rings. The van der Waals surface area contributed by atoms with Gasteiger partial charge < -0.3 is 16.0 Å². The number of nitrogens with one attached hydrogen (secondary N) is 1. The van der Waals surface area contributed by atoms with Gasteiger partial charge in [0.2, 0.25) is 5.91 Å². The number of rotatable bonds is 4. The zero-order valence-electron chi connectivity index (χ0n) is 9.16. The summed E-state index contributed by atoms with van der Waals surface area (Å²) in [7, 11) is 3.58. The number of hydrogen-bond acceptors (Lipinski definition) is 3. The topological polar surface area (TPSA) is 58.4 Å². The minimum atomic E-state index is 0.0470. The Morgan fingerprint density at radius 1 is 1.53 bits per heavy atom. The van der Waals surface area contributed by atoms with Crippen LogP contribution in [0.25, 0.3) is 0 Å². The van der Waals surface area contributed by atoms with Crippen molar-refractivity contribution in [3.8, 4) is 0 Å². The summed E-state index contributed by atoms with van der Waals surface area (Å²) in [5.41, 5.74) is 7.43. The molecule has 0 radical (unpaired) electrons. The predicted octanol–water partition coefficient (Wildman–Crippen LogP) is 0.841. The molecule has 0 spiro atoms. The van der Waals surface area contributed by atoms with E-state index in [0.29, 0.717) is 13.0 Å².